The van der Waals surface area contributed by atoms with Gasteiger partial charge < -0.3 is 19.7 Å². The molecule has 1 N–H and O–H groups in total. The molecule has 0 bridgehead atoms. The summed E-state index contributed by atoms with van der Waals surface area (Å²) in [5, 5.41) is 4.00. The number of anilines is 2. The highest BCUT2D eigenvalue weighted by Crippen LogP contribution is 2.44. The predicted molar refractivity (Wildman–Crippen MR) is 104 cm³/mol. The lowest BCUT2D eigenvalue weighted by Gasteiger charge is -2.24. The molecule has 2 heterocycles. The lowest BCUT2D eigenvalue weighted by Crippen LogP contribution is -2.35. The first-order valence-electron chi connectivity index (χ1n) is 8.24. The van der Waals surface area contributed by atoms with E-state index in [2.05, 4.69) is 44.8 Å². The summed E-state index contributed by atoms with van der Waals surface area (Å²) in [4.78, 5) is 10.8. The van der Waals surface area contributed by atoms with Crippen molar-refractivity contribution in [1.82, 2.24) is 9.97 Å². The maximum absolute atomic E-state index is 6.28. The molecule has 1 saturated carbocycles. The van der Waals surface area contributed by atoms with Gasteiger partial charge in [-0.1, -0.05) is 24.9 Å². The molecule has 8 heteroatoms. The van der Waals surface area contributed by atoms with Crippen molar-refractivity contribution in [2.24, 2.45) is 5.92 Å². The average molecular weight is 467 g/mol. The van der Waals surface area contributed by atoms with Crippen LogP contribution in [0.4, 0.5) is 11.8 Å². The summed E-state index contributed by atoms with van der Waals surface area (Å²) >= 11 is 8.46. The zero-order chi connectivity index (χ0) is 17.6. The van der Waals surface area contributed by atoms with Crippen LogP contribution in [0.15, 0.2) is 0 Å². The van der Waals surface area contributed by atoms with E-state index in [1.165, 1.54) is 0 Å². The van der Waals surface area contributed by atoms with Crippen molar-refractivity contribution in [2.45, 2.75) is 57.6 Å². The number of rotatable bonds is 4. The minimum atomic E-state index is -0.533. The molecule has 1 aliphatic carbocycles. The van der Waals surface area contributed by atoms with Gasteiger partial charge in [-0.2, -0.15) is 9.97 Å². The molecule has 4 atom stereocenters. The summed E-state index contributed by atoms with van der Waals surface area (Å²) in [5.41, 5.74) is 0. The fourth-order valence-corrected chi connectivity index (χ4v) is 4.07. The van der Waals surface area contributed by atoms with Gasteiger partial charge in [-0.15, -0.1) is 0 Å². The van der Waals surface area contributed by atoms with E-state index in [4.69, 9.17) is 21.1 Å². The van der Waals surface area contributed by atoms with E-state index in [9.17, 15) is 0 Å². The minimum absolute atomic E-state index is 0.0253. The molecule has 1 aliphatic heterocycles. The smallest absolute Gasteiger partial charge is 0.228 e. The Kier molecular flexibility index (Phi) is 5.17. The van der Waals surface area contributed by atoms with Crippen molar-refractivity contribution in [1.29, 1.82) is 0 Å². The molecule has 6 nitrogen and oxygen atoms in total. The molecule has 134 valence electrons. The van der Waals surface area contributed by atoms with Crippen LogP contribution in [0, 0.1) is 9.49 Å². The van der Waals surface area contributed by atoms with Gasteiger partial charge in [-0.3, -0.25) is 0 Å². The van der Waals surface area contributed by atoms with Gasteiger partial charge in [0.15, 0.2) is 5.79 Å². The van der Waals surface area contributed by atoms with Crippen molar-refractivity contribution in [2.75, 3.05) is 24.3 Å². The molecule has 0 unspecified atom stereocenters. The van der Waals surface area contributed by atoms with Gasteiger partial charge in [0.2, 0.25) is 5.95 Å². The number of hydrogen-bond acceptors (Lipinski definition) is 6. The second-order valence-corrected chi connectivity index (χ2v) is 8.53. The Labute approximate surface area is 161 Å². The molecule has 0 amide bonds. The first kappa shape index (κ1) is 18.4. The van der Waals surface area contributed by atoms with E-state index >= 15 is 0 Å². The van der Waals surface area contributed by atoms with Crippen LogP contribution >= 0.6 is 34.2 Å². The van der Waals surface area contributed by atoms with Crippen LogP contribution in [-0.2, 0) is 9.47 Å². The Morgan fingerprint density at radius 1 is 1.29 bits per heavy atom. The molecule has 0 spiro atoms. The van der Waals surface area contributed by atoms with E-state index in [0.717, 1.165) is 22.2 Å². The molecule has 2 aliphatic rings. The minimum Gasteiger partial charge on any atom is -0.364 e. The average Bonchev–Trinajstić information content (AvgIpc) is 2.97. The van der Waals surface area contributed by atoms with Crippen molar-refractivity contribution < 1.29 is 9.47 Å². The van der Waals surface area contributed by atoms with Crippen LogP contribution in [0.1, 0.15) is 33.6 Å². The Bertz CT molecular complexity index is 628. The summed E-state index contributed by atoms with van der Waals surface area (Å²) in [5.74, 6) is 1.30. The van der Waals surface area contributed by atoms with Gasteiger partial charge >= 0.3 is 0 Å². The number of fused-ring (bicyclic) bond motifs is 1. The number of nitrogens with zero attached hydrogens (tertiary/aromatic N) is 3. The van der Waals surface area contributed by atoms with E-state index in [0.29, 0.717) is 17.0 Å². The number of nitrogens with one attached hydrogen (secondary N) is 1. The molecule has 0 aromatic carbocycles. The summed E-state index contributed by atoms with van der Waals surface area (Å²) in [6.07, 6.45) is 2.23. The maximum atomic E-state index is 6.28. The number of ether oxygens (including phenoxy) is 2. The standard InChI is InChI=1S/C16H24ClIN4O2/c1-6-8-7-9(12-11(8)23-16(2,3)24-12)19-14-10(18)13(17)20-15(21-14)22(4)5/h8-9,11-12H,6-7H2,1-5H3,(H,19,20,21)/t8-,9+,11+,12-/m0/s1. The van der Waals surface area contributed by atoms with Gasteiger partial charge in [0.1, 0.15) is 17.1 Å². The molecule has 3 rings (SSSR count). The number of halogens is 2. The first-order chi connectivity index (χ1) is 11.2. The molecule has 2 fully saturated rings. The second kappa shape index (κ2) is 6.74. The highest BCUT2D eigenvalue weighted by atomic mass is 127. The highest BCUT2D eigenvalue weighted by Gasteiger charge is 2.53. The van der Waals surface area contributed by atoms with E-state index in [1.807, 2.05) is 32.8 Å². The largest absolute Gasteiger partial charge is 0.364 e. The Hall–Kier alpha value is -0.380. The van der Waals surface area contributed by atoms with Crippen LogP contribution in [0.2, 0.25) is 5.15 Å². The zero-order valence-corrected chi connectivity index (χ0v) is 17.6. The van der Waals surface area contributed by atoms with Crippen molar-refractivity contribution in [3.8, 4) is 0 Å². The topological polar surface area (TPSA) is 59.5 Å². The van der Waals surface area contributed by atoms with Crippen molar-refractivity contribution in [3.05, 3.63) is 8.72 Å². The normalized spacial score (nSPS) is 31.1. The summed E-state index contributed by atoms with van der Waals surface area (Å²) in [7, 11) is 3.80. The van der Waals surface area contributed by atoms with Crippen LogP contribution < -0.4 is 10.2 Å². The zero-order valence-electron chi connectivity index (χ0n) is 14.6. The molecule has 1 aromatic rings. The fourth-order valence-electron chi connectivity index (χ4n) is 3.51. The molecular formula is C16H24ClIN4O2. The van der Waals surface area contributed by atoms with Gasteiger partial charge in [0.05, 0.1) is 15.7 Å². The lowest BCUT2D eigenvalue weighted by molar-refractivity contribution is -0.157. The lowest BCUT2D eigenvalue weighted by atomic mass is 10.0. The molecule has 24 heavy (non-hydrogen) atoms. The van der Waals surface area contributed by atoms with Crippen LogP contribution in [0.25, 0.3) is 0 Å². The van der Waals surface area contributed by atoms with Crippen LogP contribution in [-0.4, -0.2) is 48.1 Å². The maximum Gasteiger partial charge on any atom is 0.228 e. The monoisotopic (exact) mass is 466 g/mol. The summed E-state index contributed by atoms with van der Waals surface area (Å²) in [6, 6.07) is 0.149. The quantitative estimate of drug-likeness (QED) is 0.541. The van der Waals surface area contributed by atoms with Crippen LogP contribution in [0.3, 0.4) is 0 Å². The van der Waals surface area contributed by atoms with Crippen LogP contribution in [0.5, 0.6) is 0 Å². The second-order valence-electron chi connectivity index (χ2n) is 7.09. The third-order valence-corrected chi connectivity index (χ3v) is 6.24. The van der Waals surface area contributed by atoms with E-state index < -0.39 is 5.79 Å². The van der Waals surface area contributed by atoms with Gasteiger partial charge in [-0.05, 0) is 48.8 Å². The van der Waals surface area contributed by atoms with E-state index in [1.54, 1.807) is 0 Å². The SMILES string of the molecule is CC[C@H]1C[C@@H](Nc2nc(N(C)C)nc(Cl)c2I)[C@@H]2OC(C)(C)O[C@H]12. The third-order valence-electron chi connectivity index (χ3n) is 4.63. The molecule has 1 aromatic heterocycles. The molecular weight excluding hydrogens is 443 g/mol. The fraction of sp³-hybridized carbons (Fsp3) is 0.750. The summed E-state index contributed by atoms with van der Waals surface area (Å²) < 4.78 is 13.1. The van der Waals surface area contributed by atoms with Crippen molar-refractivity contribution >= 4 is 46.0 Å². The Morgan fingerprint density at radius 3 is 2.58 bits per heavy atom. The van der Waals surface area contributed by atoms with Gasteiger partial charge in [-0.25, -0.2) is 0 Å². The van der Waals surface area contributed by atoms with Crippen molar-refractivity contribution in [3.63, 3.8) is 0 Å². The van der Waals surface area contributed by atoms with Gasteiger partial charge in [0.25, 0.3) is 0 Å². The Balaban J connectivity index is 1.86. The highest BCUT2D eigenvalue weighted by molar-refractivity contribution is 14.1. The molecule has 0 radical (unpaired) electrons. The predicted octanol–water partition coefficient (Wildman–Crippen LogP) is 3.53. The number of aromatic nitrogens is 2. The molecule has 1 saturated heterocycles. The third kappa shape index (κ3) is 3.45. The number of hydrogen-bond donors (Lipinski definition) is 1. The first-order valence-corrected chi connectivity index (χ1v) is 9.70. The summed E-state index contributed by atoms with van der Waals surface area (Å²) in [6.45, 7) is 6.16. The van der Waals surface area contributed by atoms with Gasteiger partial charge in [0, 0.05) is 14.1 Å². The Morgan fingerprint density at radius 2 is 1.96 bits per heavy atom. The van der Waals surface area contributed by atoms with E-state index in [-0.39, 0.29) is 18.2 Å².